The lowest BCUT2D eigenvalue weighted by Crippen LogP contribution is -2.61. The second kappa shape index (κ2) is 7.68. The molecule has 0 bridgehead atoms. The van der Waals surface area contributed by atoms with Gasteiger partial charge in [-0.15, -0.1) is 0 Å². The quantitative estimate of drug-likeness (QED) is 0.629. The summed E-state index contributed by atoms with van der Waals surface area (Å²) in [6, 6.07) is 3.22. The van der Waals surface area contributed by atoms with Crippen molar-refractivity contribution in [1.82, 2.24) is 20.3 Å². The van der Waals surface area contributed by atoms with Crippen LogP contribution in [0.3, 0.4) is 0 Å². The molecule has 2 heterocycles. The third kappa shape index (κ3) is 4.02. The molecule has 2 aliphatic rings. The van der Waals surface area contributed by atoms with Crippen LogP contribution in [0.4, 0.5) is 4.39 Å². The van der Waals surface area contributed by atoms with E-state index in [1.165, 1.54) is 16.4 Å². The van der Waals surface area contributed by atoms with E-state index in [0.29, 0.717) is 19.5 Å². The fraction of sp³-hybridized carbons (Fsp3) is 0.500. The van der Waals surface area contributed by atoms with Gasteiger partial charge in [0.15, 0.2) is 0 Å². The Bertz CT molecular complexity index is 784. The van der Waals surface area contributed by atoms with Crippen LogP contribution in [0, 0.1) is 5.82 Å². The Hall–Kier alpha value is -2.04. The molecule has 3 rings (SSSR count). The molecule has 2 amide bonds. The van der Waals surface area contributed by atoms with Crippen molar-refractivity contribution in [3.05, 3.63) is 30.1 Å². The van der Waals surface area contributed by atoms with Crippen LogP contribution in [0.2, 0.25) is 0 Å². The smallest absolute Gasteiger partial charge is 0.243 e. The zero-order chi connectivity index (χ0) is 18.7. The van der Waals surface area contributed by atoms with Crippen LogP contribution in [-0.4, -0.2) is 62.8 Å². The van der Waals surface area contributed by atoms with Crippen molar-refractivity contribution in [2.24, 2.45) is 0 Å². The van der Waals surface area contributed by atoms with Crippen LogP contribution in [0.5, 0.6) is 0 Å². The van der Waals surface area contributed by atoms with E-state index in [1.54, 1.807) is 0 Å². The standard InChI is InChI=1S/C16H21FN4O4S/c17-11-3-5-12(6-4-11)26(24,25)21-9-8-18-14(10-21)16(23)20-13-2-1-7-19-15(13)22/h3-6,13-14,18H,1-2,7-10H2,(H,19,22)(H,20,23)/t13-,14-/m0/s1. The first kappa shape index (κ1) is 18.7. The Labute approximate surface area is 151 Å². The van der Waals surface area contributed by atoms with Gasteiger partial charge in [0.25, 0.3) is 0 Å². The van der Waals surface area contributed by atoms with Gasteiger partial charge in [-0.25, -0.2) is 12.8 Å². The van der Waals surface area contributed by atoms with Crippen molar-refractivity contribution in [1.29, 1.82) is 0 Å². The molecule has 1 aromatic rings. The number of carbonyl (C=O) groups is 2. The fourth-order valence-corrected chi connectivity index (χ4v) is 4.51. The molecule has 0 aromatic heterocycles. The molecule has 3 N–H and O–H groups in total. The summed E-state index contributed by atoms with van der Waals surface area (Å²) in [5.41, 5.74) is 0. The Morgan fingerprint density at radius 2 is 1.96 bits per heavy atom. The highest BCUT2D eigenvalue weighted by Gasteiger charge is 2.34. The van der Waals surface area contributed by atoms with Gasteiger partial charge in [0.05, 0.1) is 4.90 Å². The number of carbonyl (C=O) groups excluding carboxylic acids is 2. The Morgan fingerprint density at radius 3 is 2.65 bits per heavy atom. The molecule has 2 aliphatic heterocycles. The van der Waals surface area contributed by atoms with Gasteiger partial charge in [-0.2, -0.15) is 4.31 Å². The maximum absolute atomic E-state index is 13.0. The van der Waals surface area contributed by atoms with E-state index in [9.17, 15) is 22.4 Å². The molecule has 26 heavy (non-hydrogen) atoms. The number of piperazine rings is 1. The Kier molecular flexibility index (Phi) is 5.54. The third-order valence-corrected chi connectivity index (χ3v) is 6.39. The highest BCUT2D eigenvalue weighted by Crippen LogP contribution is 2.18. The highest BCUT2D eigenvalue weighted by atomic mass is 32.2. The molecule has 2 atom stereocenters. The van der Waals surface area contributed by atoms with E-state index < -0.39 is 33.8 Å². The number of nitrogens with zero attached hydrogens (tertiary/aromatic N) is 1. The van der Waals surface area contributed by atoms with Crippen LogP contribution < -0.4 is 16.0 Å². The van der Waals surface area contributed by atoms with E-state index >= 15 is 0 Å². The van der Waals surface area contributed by atoms with Crippen molar-refractivity contribution in [3.63, 3.8) is 0 Å². The van der Waals surface area contributed by atoms with Gasteiger partial charge in [-0.1, -0.05) is 0 Å². The highest BCUT2D eigenvalue weighted by molar-refractivity contribution is 7.89. The molecule has 2 fully saturated rings. The average Bonchev–Trinajstić information content (AvgIpc) is 2.64. The maximum Gasteiger partial charge on any atom is 0.243 e. The minimum atomic E-state index is -3.82. The number of benzene rings is 1. The molecular weight excluding hydrogens is 363 g/mol. The molecule has 2 saturated heterocycles. The summed E-state index contributed by atoms with van der Waals surface area (Å²) in [5, 5.41) is 8.34. The molecule has 0 radical (unpaired) electrons. The summed E-state index contributed by atoms with van der Waals surface area (Å²) in [4.78, 5) is 24.2. The SMILES string of the molecule is O=C(N[C@H]1CCCNC1=O)[C@@H]1CN(S(=O)(=O)c2ccc(F)cc2)CCN1. The van der Waals surface area contributed by atoms with Gasteiger partial charge in [0.2, 0.25) is 21.8 Å². The molecule has 10 heteroatoms. The van der Waals surface area contributed by atoms with E-state index in [-0.39, 0.29) is 23.9 Å². The molecule has 1 aromatic carbocycles. The van der Waals surface area contributed by atoms with Crippen molar-refractivity contribution >= 4 is 21.8 Å². The van der Waals surface area contributed by atoms with Crippen molar-refractivity contribution in [3.8, 4) is 0 Å². The van der Waals surface area contributed by atoms with Crippen LogP contribution in [0.1, 0.15) is 12.8 Å². The number of piperidine rings is 1. The Morgan fingerprint density at radius 1 is 1.23 bits per heavy atom. The Balaban J connectivity index is 1.67. The molecule has 0 unspecified atom stereocenters. The van der Waals surface area contributed by atoms with Crippen molar-refractivity contribution in [2.75, 3.05) is 26.2 Å². The molecule has 0 saturated carbocycles. The second-order valence-electron chi connectivity index (χ2n) is 6.32. The first-order valence-electron chi connectivity index (χ1n) is 8.45. The first-order valence-corrected chi connectivity index (χ1v) is 9.89. The number of hydrogen-bond acceptors (Lipinski definition) is 5. The molecule has 0 aliphatic carbocycles. The zero-order valence-corrected chi connectivity index (χ0v) is 14.9. The molecule has 0 spiro atoms. The van der Waals surface area contributed by atoms with Gasteiger partial charge in [0, 0.05) is 26.2 Å². The van der Waals surface area contributed by atoms with Gasteiger partial charge < -0.3 is 16.0 Å². The summed E-state index contributed by atoms with van der Waals surface area (Å²) in [6.45, 7) is 1.04. The van der Waals surface area contributed by atoms with Gasteiger partial charge in [-0.3, -0.25) is 9.59 Å². The summed E-state index contributed by atoms with van der Waals surface area (Å²) >= 11 is 0. The second-order valence-corrected chi connectivity index (χ2v) is 8.26. The minimum absolute atomic E-state index is 0.0217. The van der Waals surface area contributed by atoms with E-state index in [4.69, 9.17) is 0 Å². The number of nitrogens with one attached hydrogen (secondary N) is 3. The normalized spacial score (nSPS) is 24.7. The number of sulfonamides is 1. The van der Waals surface area contributed by atoms with E-state index in [0.717, 1.165) is 18.6 Å². The summed E-state index contributed by atoms with van der Waals surface area (Å²) in [5.74, 6) is -1.16. The van der Waals surface area contributed by atoms with Gasteiger partial charge in [-0.05, 0) is 37.1 Å². The lowest BCUT2D eigenvalue weighted by Gasteiger charge is -2.33. The lowest BCUT2D eigenvalue weighted by atomic mass is 10.1. The third-order valence-electron chi connectivity index (χ3n) is 4.51. The summed E-state index contributed by atoms with van der Waals surface area (Å²) < 4.78 is 39.6. The molecule has 8 nitrogen and oxygen atoms in total. The molecule has 142 valence electrons. The van der Waals surface area contributed by atoms with Gasteiger partial charge in [0.1, 0.15) is 17.9 Å². The van der Waals surface area contributed by atoms with Crippen LogP contribution >= 0.6 is 0 Å². The number of amides is 2. The first-order chi connectivity index (χ1) is 12.4. The summed E-state index contributed by atoms with van der Waals surface area (Å²) in [7, 11) is -3.82. The minimum Gasteiger partial charge on any atom is -0.354 e. The molecular formula is C16H21FN4O4S. The van der Waals surface area contributed by atoms with E-state index in [1.807, 2.05) is 0 Å². The fourth-order valence-electron chi connectivity index (χ4n) is 3.05. The van der Waals surface area contributed by atoms with E-state index in [2.05, 4.69) is 16.0 Å². The van der Waals surface area contributed by atoms with Gasteiger partial charge >= 0.3 is 0 Å². The maximum atomic E-state index is 13.0. The van der Waals surface area contributed by atoms with Crippen molar-refractivity contribution < 1.29 is 22.4 Å². The topological polar surface area (TPSA) is 108 Å². The number of halogens is 1. The number of rotatable bonds is 4. The van der Waals surface area contributed by atoms with Crippen LogP contribution in [-0.2, 0) is 19.6 Å². The predicted molar refractivity (Wildman–Crippen MR) is 91.1 cm³/mol. The van der Waals surface area contributed by atoms with Crippen LogP contribution in [0.15, 0.2) is 29.2 Å². The summed E-state index contributed by atoms with van der Waals surface area (Å²) in [6.07, 6.45) is 1.34. The average molecular weight is 384 g/mol. The lowest BCUT2D eigenvalue weighted by molar-refractivity contribution is -0.131. The zero-order valence-electron chi connectivity index (χ0n) is 14.1. The van der Waals surface area contributed by atoms with Crippen molar-refractivity contribution in [2.45, 2.75) is 29.8 Å². The number of hydrogen-bond donors (Lipinski definition) is 3. The largest absolute Gasteiger partial charge is 0.354 e. The predicted octanol–water partition coefficient (Wildman–Crippen LogP) is -0.817. The monoisotopic (exact) mass is 384 g/mol. The van der Waals surface area contributed by atoms with Crippen LogP contribution in [0.25, 0.3) is 0 Å².